The second-order valence-electron chi connectivity index (χ2n) is 4.73. The van der Waals surface area contributed by atoms with Crippen molar-refractivity contribution in [3.63, 3.8) is 0 Å². The first kappa shape index (κ1) is 18.1. The number of halogens is 4. The van der Waals surface area contributed by atoms with Gasteiger partial charge in [-0.15, -0.1) is 0 Å². The summed E-state index contributed by atoms with van der Waals surface area (Å²) in [5, 5.41) is 12.3. The average molecular weight is 354 g/mol. The first-order valence-electron chi connectivity index (χ1n) is 6.74. The van der Waals surface area contributed by atoms with Crippen LogP contribution in [0.15, 0.2) is 53.6 Å². The van der Waals surface area contributed by atoms with Crippen LogP contribution in [0.5, 0.6) is 0 Å². The van der Waals surface area contributed by atoms with E-state index >= 15 is 0 Å². The van der Waals surface area contributed by atoms with Gasteiger partial charge in [-0.2, -0.15) is 18.3 Å². The van der Waals surface area contributed by atoms with E-state index in [1.807, 2.05) is 5.43 Å². The third-order valence-electron chi connectivity index (χ3n) is 3.06. The van der Waals surface area contributed by atoms with Gasteiger partial charge in [0.2, 0.25) is 11.5 Å². The normalized spacial score (nSPS) is 11.9. The van der Waals surface area contributed by atoms with Gasteiger partial charge in [0.25, 0.3) is 0 Å². The summed E-state index contributed by atoms with van der Waals surface area (Å²) in [6.45, 7) is 0. The number of benzene rings is 2. The first-order chi connectivity index (χ1) is 11.7. The van der Waals surface area contributed by atoms with Crippen molar-refractivity contribution in [3.8, 4) is 0 Å². The molecule has 0 aromatic heterocycles. The number of hydrogen-bond acceptors (Lipinski definition) is 4. The van der Waals surface area contributed by atoms with Gasteiger partial charge in [-0.25, -0.2) is 9.18 Å². The molecule has 2 aromatic carbocycles. The van der Waals surface area contributed by atoms with Crippen LogP contribution in [-0.4, -0.2) is 22.6 Å². The number of rotatable bonds is 5. The number of nitrogens with zero attached hydrogens (tertiary/aromatic N) is 1. The number of ketones is 1. The molecule has 0 heterocycles. The van der Waals surface area contributed by atoms with E-state index in [2.05, 4.69) is 5.10 Å². The molecule has 0 unspecified atom stereocenters. The minimum Gasteiger partial charge on any atom is -0.476 e. The number of alkyl halides is 3. The lowest BCUT2D eigenvalue weighted by Crippen LogP contribution is -2.26. The molecular formula is C16H10F4N2O3. The molecule has 0 saturated heterocycles. The average Bonchev–Trinajstić information content (AvgIpc) is 2.54. The van der Waals surface area contributed by atoms with E-state index in [4.69, 9.17) is 5.11 Å². The molecule has 2 rings (SSSR count). The molecule has 0 saturated carbocycles. The maximum absolute atomic E-state index is 13.6. The van der Waals surface area contributed by atoms with Crippen molar-refractivity contribution < 1.29 is 32.3 Å². The minimum atomic E-state index is -4.71. The highest BCUT2D eigenvalue weighted by molar-refractivity contribution is 6.67. The van der Waals surface area contributed by atoms with E-state index in [9.17, 15) is 27.2 Å². The summed E-state index contributed by atoms with van der Waals surface area (Å²) in [7, 11) is 0. The number of nitrogens with one attached hydrogen (secondary N) is 1. The fourth-order valence-corrected chi connectivity index (χ4v) is 1.91. The summed E-state index contributed by atoms with van der Waals surface area (Å²) in [6, 6.07) is 8.77. The lowest BCUT2D eigenvalue weighted by atomic mass is 10.1. The van der Waals surface area contributed by atoms with Crippen LogP contribution in [-0.2, 0) is 11.0 Å². The number of carbonyl (C=O) groups excluding carboxylic acids is 1. The number of Topliss-reactive ketones (excluding diaryl/α,β-unsaturated/α-hetero) is 1. The number of carboxylic acid groups (broad SMARTS) is 1. The maximum atomic E-state index is 13.6. The Morgan fingerprint density at radius 3 is 2.20 bits per heavy atom. The largest absolute Gasteiger partial charge is 0.476 e. The molecule has 0 spiro atoms. The van der Waals surface area contributed by atoms with Gasteiger partial charge in [0.05, 0.1) is 16.8 Å². The molecule has 0 aliphatic heterocycles. The smallest absolute Gasteiger partial charge is 0.418 e. The molecule has 0 aliphatic carbocycles. The Balaban J connectivity index is 2.39. The molecule has 130 valence electrons. The van der Waals surface area contributed by atoms with Crippen molar-refractivity contribution in [3.05, 3.63) is 65.5 Å². The highest BCUT2D eigenvalue weighted by Gasteiger charge is 2.33. The van der Waals surface area contributed by atoms with E-state index in [-0.39, 0.29) is 0 Å². The Morgan fingerprint density at radius 1 is 1.00 bits per heavy atom. The van der Waals surface area contributed by atoms with Gasteiger partial charge in [-0.1, -0.05) is 24.3 Å². The third-order valence-corrected chi connectivity index (χ3v) is 3.06. The molecule has 0 bridgehead atoms. The molecule has 0 atom stereocenters. The minimum absolute atomic E-state index is 0.546. The van der Waals surface area contributed by atoms with E-state index in [1.54, 1.807) is 0 Å². The molecule has 0 aliphatic rings. The molecule has 0 radical (unpaired) electrons. The Bertz CT molecular complexity index is 847. The van der Waals surface area contributed by atoms with Gasteiger partial charge in [-0.3, -0.25) is 10.2 Å². The van der Waals surface area contributed by atoms with Crippen LogP contribution in [0, 0.1) is 5.82 Å². The van der Waals surface area contributed by atoms with Crippen LogP contribution in [0.2, 0.25) is 0 Å². The molecular weight excluding hydrogens is 344 g/mol. The molecule has 0 fully saturated rings. The molecule has 2 N–H and O–H groups in total. The van der Waals surface area contributed by atoms with Crippen molar-refractivity contribution in [1.29, 1.82) is 0 Å². The quantitative estimate of drug-likeness (QED) is 0.283. The summed E-state index contributed by atoms with van der Waals surface area (Å²) in [6.07, 6.45) is -4.71. The fourth-order valence-electron chi connectivity index (χ4n) is 1.91. The summed E-state index contributed by atoms with van der Waals surface area (Å²) < 4.78 is 52.3. The zero-order chi connectivity index (χ0) is 18.6. The van der Waals surface area contributed by atoms with Crippen molar-refractivity contribution in [2.24, 2.45) is 5.10 Å². The van der Waals surface area contributed by atoms with Crippen LogP contribution >= 0.6 is 0 Å². The monoisotopic (exact) mass is 354 g/mol. The summed E-state index contributed by atoms with van der Waals surface area (Å²) in [5.74, 6) is -4.06. The second-order valence-corrected chi connectivity index (χ2v) is 4.73. The summed E-state index contributed by atoms with van der Waals surface area (Å²) in [4.78, 5) is 23.3. The lowest BCUT2D eigenvalue weighted by molar-refractivity contribution is -0.137. The highest BCUT2D eigenvalue weighted by atomic mass is 19.4. The number of carboxylic acids is 1. The Kier molecular flexibility index (Phi) is 5.16. The van der Waals surface area contributed by atoms with Crippen LogP contribution in [0.1, 0.15) is 15.9 Å². The van der Waals surface area contributed by atoms with Crippen molar-refractivity contribution in [2.75, 3.05) is 5.43 Å². The van der Waals surface area contributed by atoms with Gasteiger partial charge < -0.3 is 5.11 Å². The fraction of sp³-hybridized carbons (Fsp3) is 0.0625. The van der Waals surface area contributed by atoms with Gasteiger partial charge >= 0.3 is 12.1 Å². The molecule has 25 heavy (non-hydrogen) atoms. The lowest BCUT2D eigenvalue weighted by Gasteiger charge is -2.12. The van der Waals surface area contributed by atoms with E-state index in [0.29, 0.717) is 0 Å². The van der Waals surface area contributed by atoms with Gasteiger partial charge in [0.1, 0.15) is 5.82 Å². The maximum Gasteiger partial charge on any atom is 0.418 e. The van der Waals surface area contributed by atoms with Crippen molar-refractivity contribution in [2.45, 2.75) is 6.18 Å². The van der Waals surface area contributed by atoms with Gasteiger partial charge in [-0.05, 0) is 24.3 Å². The van der Waals surface area contributed by atoms with Crippen LogP contribution in [0.25, 0.3) is 0 Å². The van der Waals surface area contributed by atoms with E-state index in [1.165, 1.54) is 18.2 Å². The predicted molar refractivity (Wildman–Crippen MR) is 80.9 cm³/mol. The van der Waals surface area contributed by atoms with Gasteiger partial charge in [0, 0.05) is 0 Å². The topological polar surface area (TPSA) is 78.8 Å². The van der Waals surface area contributed by atoms with E-state index in [0.717, 1.165) is 30.3 Å². The highest BCUT2D eigenvalue weighted by Crippen LogP contribution is 2.34. The Hall–Kier alpha value is -3.23. The third kappa shape index (κ3) is 4.19. The van der Waals surface area contributed by atoms with Crippen LogP contribution in [0.4, 0.5) is 23.2 Å². The number of hydrogen-bond donors (Lipinski definition) is 2. The standard InChI is InChI=1S/C16H10F4N2O3/c17-11-7-3-1-5-9(11)14(23)13(15(24)25)22-21-12-8-4-2-6-10(12)16(18,19)20/h1-8,21H,(H,24,25). The van der Waals surface area contributed by atoms with E-state index < -0.39 is 46.3 Å². The summed E-state index contributed by atoms with van der Waals surface area (Å²) in [5.41, 5.74) is -1.44. The summed E-state index contributed by atoms with van der Waals surface area (Å²) >= 11 is 0. The Labute approximate surface area is 138 Å². The number of para-hydroxylation sites is 1. The number of carbonyl (C=O) groups is 2. The first-order valence-corrected chi connectivity index (χ1v) is 6.74. The van der Waals surface area contributed by atoms with Crippen LogP contribution < -0.4 is 5.43 Å². The van der Waals surface area contributed by atoms with Gasteiger partial charge in [0.15, 0.2) is 0 Å². The molecule has 9 heteroatoms. The molecule has 0 amide bonds. The number of aliphatic carboxylic acids is 1. The zero-order valence-corrected chi connectivity index (χ0v) is 12.3. The van der Waals surface area contributed by atoms with Crippen molar-refractivity contribution in [1.82, 2.24) is 0 Å². The number of anilines is 1. The van der Waals surface area contributed by atoms with Crippen molar-refractivity contribution >= 4 is 23.2 Å². The number of hydrazone groups is 1. The molecule has 2 aromatic rings. The molecule has 5 nitrogen and oxygen atoms in total. The van der Waals surface area contributed by atoms with Crippen LogP contribution in [0.3, 0.4) is 0 Å². The SMILES string of the molecule is O=C(O)C(=NNc1ccccc1C(F)(F)F)C(=O)c1ccccc1F. The second kappa shape index (κ2) is 7.12. The Morgan fingerprint density at radius 2 is 1.60 bits per heavy atom. The predicted octanol–water partition coefficient (Wildman–Crippen LogP) is 3.58. The zero-order valence-electron chi connectivity index (χ0n) is 12.3.